The van der Waals surface area contributed by atoms with Gasteiger partial charge in [-0.2, -0.15) is 0 Å². The molecule has 1 rings (SSSR count). The van der Waals surface area contributed by atoms with Crippen LogP contribution in [0.25, 0.3) is 0 Å². The third kappa shape index (κ3) is 4.57. The third-order valence-corrected chi connectivity index (χ3v) is 2.67. The van der Waals surface area contributed by atoms with Gasteiger partial charge in [0.15, 0.2) is 0 Å². The first-order valence-corrected chi connectivity index (χ1v) is 6.65. The van der Waals surface area contributed by atoms with Crippen LogP contribution in [0.2, 0.25) is 0 Å². The van der Waals surface area contributed by atoms with Crippen molar-refractivity contribution in [2.24, 2.45) is 0 Å². The summed E-state index contributed by atoms with van der Waals surface area (Å²) in [6, 6.07) is 7.28. The highest BCUT2D eigenvalue weighted by Crippen LogP contribution is 2.18. The zero-order chi connectivity index (χ0) is 13.5. The maximum atomic E-state index is 12.1. The van der Waals surface area contributed by atoms with Crippen molar-refractivity contribution in [3.63, 3.8) is 0 Å². The maximum absolute atomic E-state index is 12.1. The predicted molar refractivity (Wildman–Crippen MR) is 74.5 cm³/mol. The quantitative estimate of drug-likeness (QED) is 0.806. The molecule has 3 nitrogen and oxygen atoms in total. The average molecular weight is 270 g/mol. The van der Waals surface area contributed by atoms with Gasteiger partial charge in [-0.3, -0.25) is 4.79 Å². The van der Waals surface area contributed by atoms with Crippen molar-refractivity contribution in [3.8, 4) is 5.75 Å². The molecule has 0 saturated carbocycles. The zero-order valence-corrected chi connectivity index (χ0v) is 11.8. The lowest BCUT2D eigenvalue weighted by molar-refractivity contribution is 0.0935. The van der Waals surface area contributed by atoms with Crippen LogP contribution in [0, 0.1) is 0 Å². The van der Waals surface area contributed by atoms with Crippen LogP contribution >= 0.6 is 11.6 Å². The Morgan fingerprint density at radius 1 is 1.39 bits per heavy atom. The average Bonchev–Trinajstić information content (AvgIpc) is 2.28. The first-order valence-electron chi connectivity index (χ1n) is 6.21. The van der Waals surface area contributed by atoms with E-state index in [1.54, 1.807) is 12.1 Å². The number of amides is 1. The smallest absolute Gasteiger partial charge is 0.255 e. The molecule has 0 spiro atoms. The van der Waals surface area contributed by atoms with E-state index in [1.165, 1.54) is 0 Å². The molecule has 0 bridgehead atoms. The number of carbonyl (C=O) groups is 1. The first kappa shape index (κ1) is 14.8. The molecule has 1 amide bonds. The number of carbonyl (C=O) groups excluding carboxylic acids is 1. The molecule has 2 atom stereocenters. The van der Waals surface area contributed by atoms with Gasteiger partial charge in [-0.15, -0.1) is 11.6 Å². The summed E-state index contributed by atoms with van der Waals surface area (Å²) in [5.74, 6) is 0.493. The van der Waals surface area contributed by atoms with Gasteiger partial charge in [0.05, 0.1) is 12.2 Å². The van der Waals surface area contributed by atoms with Crippen LogP contribution < -0.4 is 10.1 Å². The van der Waals surface area contributed by atoms with E-state index < -0.39 is 0 Å². The summed E-state index contributed by atoms with van der Waals surface area (Å²) in [6.07, 6.45) is 0.740. The number of hydrogen-bond acceptors (Lipinski definition) is 2. The molecule has 0 fully saturated rings. The van der Waals surface area contributed by atoms with Gasteiger partial charge in [-0.25, -0.2) is 0 Å². The summed E-state index contributed by atoms with van der Waals surface area (Å²) < 4.78 is 5.43. The van der Waals surface area contributed by atoms with Crippen LogP contribution in [0.15, 0.2) is 24.3 Å². The SMILES string of the molecule is CCOc1ccccc1C(=O)NC(C)CC(C)Cl. The van der Waals surface area contributed by atoms with E-state index in [2.05, 4.69) is 5.32 Å². The van der Waals surface area contributed by atoms with Crippen LogP contribution in [0.1, 0.15) is 37.6 Å². The Morgan fingerprint density at radius 2 is 2.06 bits per heavy atom. The molecule has 0 saturated heterocycles. The van der Waals surface area contributed by atoms with Gasteiger partial charge in [0, 0.05) is 11.4 Å². The molecule has 0 heterocycles. The second kappa shape index (κ2) is 7.27. The lowest BCUT2D eigenvalue weighted by atomic mass is 10.1. The molecular weight excluding hydrogens is 250 g/mol. The highest BCUT2D eigenvalue weighted by atomic mass is 35.5. The Labute approximate surface area is 113 Å². The number of hydrogen-bond donors (Lipinski definition) is 1. The Kier molecular flexibility index (Phi) is 5.99. The first-order chi connectivity index (χ1) is 8.54. The van der Waals surface area contributed by atoms with Crippen molar-refractivity contribution in [1.82, 2.24) is 5.32 Å². The van der Waals surface area contributed by atoms with Gasteiger partial charge in [0.2, 0.25) is 0 Å². The molecule has 2 unspecified atom stereocenters. The molecule has 0 aromatic heterocycles. The van der Waals surface area contributed by atoms with Crippen molar-refractivity contribution in [2.45, 2.75) is 38.6 Å². The second-order valence-electron chi connectivity index (χ2n) is 4.32. The van der Waals surface area contributed by atoms with E-state index in [9.17, 15) is 4.79 Å². The van der Waals surface area contributed by atoms with Gasteiger partial charge in [-0.1, -0.05) is 12.1 Å². The van der Waals surface area contributed by atoms with Crippen molar-refractivity contribution in [1.29, 1.82) is 0 Å². The topological polar surface area (TPSA) is 38.3 Å². The van der Waals surface area contributed by atoms with Gasteiger partial charge in [-0.05, 0) is 39.3 Å². The van der Waals surface area contributed by atoms with Gasteiger partial charge < -0.3 is 10.1 Å². The second-order valence-corrected chi connectivity index (χ2v) is 5.07. The highest BCUT2D eigenvalue weighted by Gasteiger charge is 2.15. The molecule has 18 heavy (non-hydrogen) atoms. The predicted octanol–water partition coefficient (Wildman–Crippen LogP) is 3.22. The van der Waals surface area contributed by atoms with Crippen molar-refractivity contribution in [2.75, 3.05) is 6.61 Å². The number of ether oxygens (including phenoxy) is 1. The van der Waals surface area contributed by atoms with Gasteiger partial charge >= 0.3 is 0 Å². The number of nitrogens with one attached hydrogen (secondary N) is 1. The summed E-state index contributed by atoms with van der Waals surface area (Å²) in [7, 11) is 0. The molecule has 1 aromatic rings. The Morgan fingerprint density at radius 3 is 2.67 bits per heavy atom. The third-order valence-electron chi connectivity index (χ3n) is 2.49. The van der Waals surface area contributed by atoms with E-state index in [-0.39, 0.29) is 17.3 Å². The minimum Gasteiger partial charge on any atom is -0.493 e. The van der Waals surface area contributed by atoms with Crippen molar-refractivity contribution in [3.05, 3.63) is 29.8 Å². The van der Waals surface area contributed by atoms with Crippen molar-refractivity contribution < 1.29 is 9.53 Å². The van der Waals surface area contributed by atoms with Crippen LogP contribution in [-0.2, 0) is 0 Å². The van der Waals surface area contributed by atoms with Crippen LogP contribution in [0.4, 0.5) is 0 Å². The van der Waals surface area contributed by atoms with E-state index >= 15 is 0 Å². The molecule has 0 radical (unpaired) electrons. The number of alkyl halides is 1. The lowest BCUT2D eigenvalue weighted by Gasteiger charge is -2.16. The van der Waals surface area contributed by atoms with E-state index in [0.29, 0.717) is 17.9 Å². The minimum atomic E-state index is -0.121. The monoisotopic (exact) mass is 269 g/mol. The Hall–Kier alpha value is -1.22. The van der Waals surface area contributed by atoms with Crippen molar-refractivity contribution >= 4 is 17.5 Å². The summed E-state index contributed by atoms with van der Waals surface area (Å²) in [5, 5.41) is 2.97. The fraction of sp³-hybridized carbons (Fsp3) is 0.500. The summed E-state index contributed by atoms with van der Waals surface area (Å²) >= 11 is 5.91. The Bertz CT molecular complexity index is 393. The lowest BCUT2D eigenvalue weighted by Crippen LogP contribution is -2.34. The zero-order valence-electron chi connectivity index (χ0n) is 11.1. The number of para-hydroxylation sites is 1. The maximum Gasteiger partial charge on any atom is 0.255 e. The van der Waals surface area contributed by atoms with E-state index in [0.717, 1.165) is 6.42 Å². The minimum absolute atomic E-state index is 0.0414. The summed E-state index contributed by atoms with van der Waals surface area (Å²) in [6.45, 7) is 6.30. The van der Waals surface area contributed by atoms with E-state index in [1.807, 2.05) is 32.9 Å². The fourth-order valence-electron chi connectivity index (χ4n) is 1.78. The van der Waals surface area contributed by atoms with Gasteiger partial charge in [0.1, 0.15) is 5.75 Å². The highest BCUT2D eigenvalue weighted by molar-refractivity contribution is 6.20. The molecule has 100 valence electrons. The summed E-state index contributed by atoms with van der Waals surface area (Å²) in [5.41, 5.74) is 0.563. The molecule has 0 aliphatic rings. The number of rotatable bonds is 6. The molecule has 0 aliphatic heterocycles. The van der Waals surface area contributed by atoms with Crippen LogP contribution in [0.5, 0.6) is 5.75 Å². The Balaban J connectivity index is 2.71. The number of benzene rings is 1. The normalized spacial score (nSPS) is 13.8. The molecular formula is C14H20ClNO2. The molecule has 4 heteroatoms. The summed E-state index contributed by atoms with van der Waals surface area (Å²) in [4.78, 5) is 12.1. The molecule has 0 aliphatic carbocycles. The van der Waals surface area contributed by atoms with Crippen LogP contribution in [0.3, 0.4) is 0 Å². The fourth-order valence-corrected chi connectivity index (χ4v) is 2.05. The van der Waals surface area contributed by atoms with E-state index in [4.69, 9.17) is 16.3 Å². The molecule has 1 aromatic carbocycles. The van der Waals surface area contributed by atoms with Crippen LogP contribution in [-0.4, -0.2) is 23.9 Å². The largest absolute Gasteiger partial charge is 0.493 e. The molecule has 1 N–H and O–H groups in total. The standard InChI is InChI=1S/C14H20ClNO2/c1-4-18-13-8-6-5-7-12(13)14(17)16-11(3)9-10(2)15/h5-8,10-11H,4,9H2,1-3H3,(H,16,17). The van der Waals surface area contributed by atoms with Gasteiger partial charge in [0.25, 0.3) is 5.91 Å². The number of halogens is 1.